The van der Waals surface area contributed by atoms with Gasteiger partial charge in [-0.25, -0.2) is 4.79 Å². The van der Waals surface area contributed by atoms with Crippen LogP contribution in [0.2, 0.25) is 0 Å². The van der Waals surface area contributed by atoms with Gasteiger partial charge in [-0.15, -0.1) is 0 Å². The van der Waals surface area contributed by atoms with Gasteiger partial charge in [-0.2, -0.15) is 0 Å². The van der Waals surface area contributed by atoms with E-state index in [-0.39, 0.29) is 0 Å². The number of aryl methyl sites for hydroxylation is 1. The lowest BCUT2D eigenvalue weighted by Gasteiger charge is -2.27. The number of H-pyrrole nitrogens is 1. The molecule has 3 unspecified atom stereocenters. The first-order valence-corrected chi connectivity index (χ1v) is 11.6. The number of para-hydroxylation sites is 1. The van der Waals surface area contributed by atoms with E-state index in [2.05, 4.69) is 46.3 Å². The number of allylic oxidation sites excluding steroid dienone is 2. The van der Waals surface area contributed by atoms with Crippen LogP contribution in [-0.2, 0) is 20.8 Å². The van der Waals surface area contributed by atoms with Crippen LogP contribution in [-0.4, -0.2) is 66.9 Å². The molecule has 182 valence electrons. The molecule has 9 nitrogen and oxygen atoms in total. The van der Waals surface area contributed by atoms with Crippen molar-refractivity contribution in [2.75, 3.05) is 13.1 Å². The normalized spacial score (nSPS) is 23.7. The number of hydrogen-bond acceptors (Lipinski definition) is 5. The van der Waals surface area contributed by atoms with Crippen LogP contribution in [0.3, 0.4) is 0 Å². The molecule has 3 atom stereocenters. The average Bonchev–Trinajstić information content (AvgIpc) is 3.25. The van der Waals surface area contributed by atoms with Crippen molar-refractivity contribution in [3.05, 3.63) is 47.7 Å². The number of aliphatic carboxylic acids is 3. The molecule has 3 heterocycles. The fourth-order valence-corrected chi connectivity index (χ4v) is 5.72. The molecule has 0 radical (unpaired) electrons. The maximum absolute atomic E-state index is 10.3. The number of hydrogen-bond donors (Lipinski definition) is 5. The second kappa shape index (κ2) is 9.60. The first-order valence-electron chi connectivity index (χ1n) is 11.6. The van der Waals surface area contributed by atoms with Crippen molar-refractivity contribution in [2.45, 2.75) is 50.2 Å². The average molecular weight is 471 g/mol. The van der Waals surface area contributed by atoms with Crippen molar-refractivity contribution in [3.8, 4) is 0 Å². The second-order valence-electron chi connectivity index (χ2n) is 9.45. The Balaban J connectivity index is 0.000000185. The number of carboxylic acids is 3. The van der Waals surface area contributed by atoms with Crippen LogP contribution >= 0.6 is 0 Å². The smallest absolute Gasteiger partial charge is 0.336 e. The first kappa shape index (κ1) is 24.0. The van der Waals surface area contributed by atoms with Gasteiger partial charge in [0, 0.05) is 23.1 Å². The third-order valence-corrected chi connectivity index (χ3v) is 7.19. The van der Waals surface area contributed by atoms with E-state index in [0.717, 1.165) is 11.8 Å². The van der Waals surface area contributed by atoms with Crippen molar-refractivity contribution in [2.24, 2.45) is 11.8 Å². The predicted octanol–water partition coefficient (Wildman–Crippen LogP) is 2.80. The Morgan fingerprint density at radius 3 is 2.38 bits per heavy atom. The fourth-order valence-electron chi connectivity index (χ4n) is 5.72. The van der Waals surface area contributed by atoms with Crippen LogP contribution in [0.15, 0.2) is 36.4 Å². The quantitative estimate of drug-likeness (QED) is 0.419. The maximum Gasteiger partial charge on any atom is 0.336 e. The highest BCUT2D eigenvalue weighted by Gasteiger charge is 2.44. The molecule has 1 aromatic heterocycles. The minimum absolute atomic E-state index is 0.629. The van der Waals surface area contributed by atoms with Gasteiger partial charge in [0.15, 0.2) is 5.60 Å². The number of fused-ring (bicyclic) bond motifs is 7. The molecule has 2 aromatic rings. The summed E-state index contributed by atoms with van der Waals surface area (Å²) in [5.74, 6) is -3.33. The van der Waals surface area contributed by atoms with Crippen LogP contribution < -0.4 is 0 Å². The van der Waals surface area contributed by atoms with E-state index in [4.69, 9.17) is 20.4 Å². The third-order valence-electron chi connectivity index (χ3n) is 7.19. The summed E-state index contributed by atoms with van der Waals surface area (Å²) < 4.78 is 0. The monoisotopic (exact) mass is 470 g/mol. The summed E-state index contributed by atoms with van der Waals surface area (Å²) in [6.45, 7) is 2.57. The Morgan fingerprint density at radius 1 is 1.03 bits per heavy atom. The Labute approximate surface area is 196 Å². The molecule has 0 bridgehead atoms. The van der Waals surface area contributed by atoms with E-state index in [1.54, 1.807) is 5.56 Å². The second-order valence-corrected chi connectivity index (χ2v) is 9.45. The molecule has 1 saturated heterocycles. The number of nitrogens with zero attached hydrogens (tertiary/aromatic N) is 1. The Bertz CT molecular complexity index is 1110. The summed E-state index contributed by atoms with van der Waals surface area (Å²) in [5, 5.41) is 35.3. The Kier molecular flexibility index (Phi) is 6.77. The third kappa shape index (κ3) is 4.71. The maximum atomic E-state index is 10.3. The standard InChI is InChI=1S/C19H22N2.C6H8O7/c1-2-7-14-13(6-1)12-21-11-5-9-16-15-8-3-4-10-17(15)20-18(16)19(14)21;7-3(8)1-6(13,5(11)12)2-4(9)10/h1-4,8,10,13-14,19-20H,5-7,9,11-12H2;13H,1-2H2,(H,7,8)(H,9,10)(H,11,12). The number of benzene rings is 1. The molecule has 3 aliphatic rings. The topological polar surface area (TPSA) is 151 Å². The SMILES string of the molecule is C1=CCC2C(C1)CN1CCCc3c([nH]c4ccccc34)C21.O=C(O)CC(O)(CC(=O)O)C(=O)O. The number of aromatic amines is 1. The molecule has 1 fully saturated rings. The fraction of sp³-hybridized carbons (Fsp3) is 0.480. The molecule has 5 N–H and O–H groups in total. The van der Waals surface area contributed by atoms with E-state index in [9.17, 15) is 14.4 Å². The summed E-state index contributed by atoms with van der Waals surface area (Å²) in [6, 6.07) is 9.50. The van der Waals surface area contributed by atoms with Crippen LogP contribution in [0, 0.1) is 11.8 Å². The molecule has 34 heavy (non-hydrogen) atoms. The van der Waals surface area contributed by atoms with Crippen molar-refractivity contribution in [3.63, 3.8) is 0 Å². The van der Waals surface area contributed by atoms with Crippen LogP contribution in [0.1, 0.15) is 49.4 Å². The zero-order valence-electron chi connectivity index (χ0n) is 18.8. The molecule has 2 aliphatic heterocycles. The Morgan fingerprint density at radius 2 is 1.71 bits per heavy atom. The molecule has 0 saturated carbocycles. The zero-order valence-corrected chi connectivity index (χ0v) is 18.8. The van der Waals surface area contributed by atoms with Crippen LogP contribution in [0.5, 0.6) is 0 Å². The van der Waals surface area contributed by atoms with Gasteiger partial charge in [0.2, 0.25) is 0 Å². The van der Waals surface area contributed by atoms with E-state index >= 15 is 0 Å². The van der Waals surface area contributed by atoms with Crippen molar-refractivity contribution in [1.82, 2.24) is 9.88 Å². The van der Waals surface area contributed by atoms with E-state index in [1.807, 2.05) is 0 Å². The van der Waals surface area contributed by atoms with E-state index in [0.29, 0.717) is 6.04 Å². The van der Waals surface area contributed by atoms with Crippen molar-refractivity contribution in [1.29, 1.82) is 0 Å². The molecule has 5 rings (SSSR count). The Hall–Kier alpha value is -3.17. The number of nitrogens with one attached hydrogen (secondary N) is 1. The van der Waals surface area contributed by atoms with Gasteiger partial charge in [0.25, 0.3) is 0 Å². The van der Waals surface area contributed by atoms with Gasteiger partial charge in [0.1, 0.15) is 0 Å². The highest BCUT2D eigenvalue weighted by molar-refractivity contribution is 5.88. The lowest BCUT2D eigenvalue weighted by Crippen LogP contribution is -2.42. The van der Waals surface area contributed by atoms with Crippen LogP contribution in [0.25, 0.3) is 10.9 Å². The van der Waals surface area contributed by atoms with Crippen LogP contribution in [0.4, 0.5) is 0 Å². The van der Waals surface area contributed by atoms with Gasteiger partial charge in [-0.3, -0.25) is 14.5 Å². The molecule has 0 spiro atoms. The number of carboxylic acid groups (broad SMARTS) is 3. The van der Waals surface area contributed by atoms with Gasteiger partial charge >= 0.3 is 17.9 Å². The first-order chi connectivity index (χ1) is 16.2. The highest BCUT2D eigenvalue weighted by atomic mass is 16.4. The minimum Gasteiger partial charge on any atom is -0.481 e. The van der Waals surface area contributed by atoms with Crippen molar-refractivity contribution >= 4 is 28.8 Å². The number of aliphatic hydroxyl groups is 1. The van der Waals surface area contributed by atoms with E-state index in [1.165, 1.54) is 55.4 Å². The van der Waals surface area contributed by atoms with E-state index < -0.39 is 36.4 Å². The summed E-state index contributed by atoms with van der Waals surface area (Å²) in [4.78, 5) is 37.0. The lowest BCUT2D eigenvalue weighted by molar-refractivity contribution is -0.170. The summed E-state index contributed by atoms with van der Waals surface area (Å²) in [5.41, 5.74) is 1.74. The molecule has 1 aliphatic carbocycles. The van der Waals surface area contributed by atoms with Gasteiger partial charge in [-0.05, 0) is 55.7 Å². The van der Waals surface area contributed by atoms with Gasteiger partial charge in [-0.1, -0.05) is 30.4 Å². The van der Waals surface area contributed by atoms with Gasteiger partial charge in [0.05, 0.1) is 18.9 Å². The van der Waals surface area contributed by atoms with Gasteiger partial charge < -0.3 is 25.4 Å². The molecular formula is C25H30N2O7. The largest absolute Gasteiger partial charge is 0.481 e. The number of rotatable bonds is 5. The number of aromatic nitrogens is 1. The zero-order chi connectivity index (χ0) is 24.5. The molecule has 0 amide bonds. The van der Waals surface area contributed by atoms with Crippen molar-refractivity contribution < 1.29 is 34.8 Å². The summed E-state index contributed by atoms with van der Waals surface area (Å²) >= 11 is 0. The molecule has 1 aromatic carbocycles. The molecular weight excluding hydrogens is 440 g/mol. The minimum atomic E-state index is -2.74. The summed E-state index contributed by atoms with van der Waals surface area (Å²) in [6.07, 6.45) is 7.62. The lowest BCUT2D eigenvalue weighted by atomic mass is 9.80. The predicted molar refractivity (Wildman–Crippen MR) is 123 cm³/mol. The molecule has 9 heteroatoms. The highest BCUT2D eigenvalue weighted by Crippen LogP contribution is 2.48. The number of carbonyl (C=O) groups is 3. The summed E-state index contributed by atoms with van der Waals surface area (Å²) in [7, 11) is 0.